The third kappa shape index (κ3) is 11.8. The Morgan fingerprint density at radius 2 is 1.06 bits per heavy atom. The lowest BCUT2D eigenvalue weighted by molar-refractivity contribution is 0.104. The predicted molar refractivity (Wildman–Crippen MR) is 157 cm³/mol. The van der Waals surface area contributed by atoms with Crippen LogP contribution >= 0.6 is 0 Å². The first kappa shape index (κ1) is 35.7. The van der Waals surface area contributed by atoms with Crippen molar-refractivity contribution in [3.05, 3.63) is 113 Å². The number of ketones is 1. The summed E-state index contributed by atoms with van der Waals surface area (Å²) < 4.78 is 0. The Balaban J connectivity index is -0.000000594. The van der Waals surface area contributed by atoms with Crippen molar-refractivity contribution in [1.82, 2.24) is 0 Å². The van der Waals surface area contributed by atoms with Crippen LogP contribution < -0.4 is 0 Å². The molecule has 34 heavy (non-hydrogen) atoms. The maximum atomic E-state index is 12.1. The molecule has 3 rings (SSSR count). The summed E-state index contributed by atoms with van der Waals surface area (Å²) in [5, 5.41) is 0. The molecule has 0 aliphatic carbocycles. The smallest absolute Gasteiger partial charge is 0.185 e. The maximum Gasteiger partial charge on any atom is 0.185 e. The number of benzene rings is 3. The van der Waals surface area contributed by atoms with Crippen LogP contribution in [0.15, 0.2) is 91.0 Å². The van der Waals surface area contributed by atoms with Gasteiger partial charge in [-0.3, -0.25) is 4.79 Å². The van der Waals surface area contributed by atoms with Gasteiger partial charge in [0.1, 0.15) is 0 Å². The predicted octanol–water partition coefficient (Wildman–Crippen LogP) is 10.8. The molecule has 0 N–H and O–H groups in total. The van der Waals surface area contributed by atoms with Crippen LogP contribution in [0.5, 0.6) is 0 Å². The largest absolute Gasteiger partial charge is 0.289 e. The maximum absolute atomic E-state index is 12.1. The highest BCUT2D eigenvalue weighted by atomic mass is 16.1. The topological polar surface area (TPSA) is 17.1 Å². The molecule has 0 saturated carbocycles. The lowest BCUT2D eigenvalue weighted by atomic mass is 9.97. The molecular formula is C33H50O. The van der Waals surface area contributed by atoms with Crippen LogP contribution in [0.4, 0.5) is 0 Å². The minimum absolute atomic E-state index is 0. The third-order valence-corrected chi connectivity index (χ3v) is 5.58. The zero-order valence-electron chi connectivity index (χ0n) is 18.7. The van der Waals surface area contributed by atoms with Crippen LogP contribution in [0, 0.1) is 0 Å². The molecule has 0 fully saturated rings. The van der Waals surface area contributed by atoms with Gasteiger partial charge in [-0.15, -0.1) is 0 Å². The summed E-state index contributed by atoms with van der Waals surface area (Å²) in [6, 6.07) is 28.4. The molecule has 3 aromatic carbocycles. The molecular weight excluding hydrogens is 412 g/mol. The van der Waals surface area contributed by atoms with E-state index in [0.29, 0.717) is 11.8 Å². The van der Waals surface area contributed by atoms with Crippen molar-refractivity contribution in [2.75, 3.05) is 0 Å². The molecule has 1 nitrogen and oxygen atoms in total. The van der Waals surface area contributed by atoms with E-state index in [9.17, 15) is 4.79 Å². The summed E-state index contributed by atoms with van der Waals surface area (Å²) in [5.74, 6) is 1.30. The first-order valence-corrected chi connectivity index (χ1v) is 11.0. The van der Waals surface area contributed by atoms with Crippen LogP contribution in [-0.4, -0.2) is 5.78 Å². The Bertz CT molecular complexity index is 892. The molecule has 0 aliphatic rings. The first-order valence-electron chi connectivity index (χ1n) is 11.0. The van der Waals surface area contributed by atoms with E-state index < -0.39 is 0 Å². The molecule has 0 bridgehead atoms. The van der Waals surface area contributed by atoms with E-state index in [0.717, 1.165) is 17.5 Å². The number of hydrogen-bond acceptors (Lipinski definition) is 1. The monoisotopic (exact) mass is 462 g/mol. The molecule has 2 atom stereocenters. The summed E-state index contributed by atoms with van der Waals surface area (Å²) >= 11 is 0. The second-order valence-corrected chi connectivity index (χ2v) is 7.76. The number of allylic oxidation sites excluding steroid dienone is 1. The van der Waals surface area contributed by atoms with Crippen LogP contribution in [0.1, 0.15) is 109 Å². The Labute approximate surface area is 212 Å². The number of rotatable bonds is 7. The average molecular weight is 463 g/mol. The highest BCUT2D eigenvalue weighted by molar-refractivity contribution is 6.06. The highest BCUT2D eigenvalue weighted by Gasteiger charge is 2.05. The van der Waals surface area contributed by atoms with E-state index in [2.05, 4.69) is 70.2 Å². The summed E-state index contributed by atoms with van der Waals surface area (Å²) in [4.78, 5) is 12.1. The van der Waals surface area contributed by atoms with Gasteiger partial charge < -0.3 is 0 Å². The Kier molecular flexibility index (Phi) is 20.5. The normalized spacial score (nSPS) is 11.2. The Morgan fingerprint density at radius 3 is 1.50 bits per heavy atom. The van der Waals surface area contributed by atoms with Crippen molar-refractivity contribution in [3.63, 3.8) is 0 Å². The van der Waals surface area contributed by atoms with Crippen molar-refractivity contribution in [3.8, 4) is 0 Å². The second kappa shape index (κ2) is 19.5. The van der Waals surface area contributed by atoms with Crippen molar-refractivity contribution in [2.45, 2.75) is 82.1 Å². The van der Waals surface area contributed by atoms with E-state index in [-0.39, 0.29) is 35.5 Å². The van der Waals surface area contributed by atoms with Crippen molar-refractivity contribution < 1.29 is 4.79 Å². The van der Waals surface area contributed by atoms with Crippen LogP contribution in [0.25, 0.3) is 6.08 Å². The molecule has 0 heterocycles. The van der Waals surface area contributed by atoms with Crippen LogP contribution in [-0.2, 0) is 0 Å². The van der Waals surface area contributed by atoms with Gasteiger partial charge in [0.2, 0.25) is 0 Å². The molecule has 0 amide bonds. The minimum Gasteiger partial charge on any atom is -0.289 e. The average Bonchev–Trinajstić information content (AvgIpc) is 2.83. The Morgan fingerprint density at radius 1 is 0.647 bits per heavy atom. The lowest BCUT2D eigenvalue weighted by Gasteiger charge is -2.08. The highest BCUT2D eigenvalue weighted by Crippen LogP contribution is 2.19. The van der Waals surface area contributed by atoms with E-state index in [1.807, 2.05) is 48.5 Å². The standard InChI is InChI=1S/C19H20O.C10H14.4CH4/c1-3-15(2)17-10-12-18(13-11-17)19(20)14-9-16-7-5-4-6-8-16;1-3-9(2)10-7-5-4-6-8-10;;;;/h4-15H,3H2,1-2H3;4-9H,3H2,1-2H3;4*1H4. The summed E-state index contributed by atoms with van der Waals surface area (Å²) in [6.07, 6.45) is 5.82. The van der Waals surface area contributed by atoms with Gasteiger partial charge in [-0.2, -0.15) is 0 Å². The number of hydrogen-bond donors (Lipinski definition) is 0. The fraction of sp³-hybridized carbons (Fsp3) is 0.364. The zero-order chi connectivity index (χ0) is 21.8. The van der Waals surface area contributed by atoms with Gasteiger partial charge in [-0.25, -0.2) is 0 Å². The number of carbonyl (C=O) groups excluding carboxylic acids is 1. The third-order valence-electron chi connectivity index (χ3n) is 5.58. The molecule has 1 heteroatoms. The molecule has 188 valence electrons. The van der Waals surface area contributed by atoms with Crippen molar-refractivity contribution in [1.29, 1.82) is 0 Å². The fourth-order valence-corrected chi connectivity index (χ4v) is 3.06. The van der Waals surface area contributed by atoms with Gasteiger partial charge in [0.15, 0.2) is 5.78 Å². The van der Waals surface area contributed by atoms with E-state index >= 15 is 0 Å². The van der Waals surface area contributed by atoms with E-state index in [1.165, 1.54) is 17.5 Å². The van der Waals surface area contributed by atoms with Gasteiger partial charge >= 0.3 is 0 Å². The molecule has 0 spiro atoms. The van der Waals surface area contributed by atoms with Gasteiger partial charge in [0.05, 0.1) is 0 Å². The summed E-state index contributed by atoms with van der Waals surface area (Å²) in [7, 11) is 0. The summed E-state index contributed by atoms with van der Waals surface area (Å²) in [6.45, 7) is 8.85. The molecule has 0 radical (unpaired) electrons. The molecule has 0 saturated heterocycles. The van der Waals surface area contributed by atoms with Gasteiger partial charge in [0.25, 0.3) is 0 Å². The quantitative estimate of drug-likeness (QED) is 0.252. The fourth-order valence-electron chi connectivity index (χ4n) is 3.06. The van der Waals surface area contributed by atoms with Crippen molar-refractivity contribution >= 4 is 11.9 Å². The van der Waals surface area contributed by atoms with Gasteiger partial charge in [-0.1, -0.05) is 148 Å². The SMILES string of the molecule is C.C.C.C.CCC(C)c1ccc(C(=O)C=Cc2ccccc2)cc1.CCC(C)c1ccccc1. The minimum atomic E-state index is 0. The molecule has 0 aromatic heterocycles. The Hall–Kier alpha value is -2.93. The van der Waals surface area contributed by atoms with Crippen LogP contribution in [0.2, 0.25) is 0 Å². The van der Waals surface area contributed by atoms with Crippen LogP contribution in [0.3, 0.4) is 0 Å². The molecule has 3 aromatic rings. The molecule has 0 aliphatic heterocycles. The molecule has 2 unspecified atom stereocenters. The van der Waals surface area contributed by atoms with Gasteiger partial charge in [0, 0.05) is 5.56 Å². The van der Waals surface area contributed by atoms with Gasteiger partial charge in [-0.05, 0) is 47.4 Å². The van der Waals surface area contributed by atoms with E-state index in [4.69, 9.17) is 0 Å². The van der Waals surface area contributed by atoms with Crippen molar-refractivity contribution in [2.24, 2.45) is 0 Å². The first-order chi connectivity index (χ1) is 14.5. The zero-order valence-corrected chi connectivity index (χ0v) is 18.7. The second-order valence-electron chi connectivity index (χ2n) is 7.76. The lowest BCUT2D eigenvalue weighted by Crippen LogP contribution is -1.96. The van der Waals surface area contributed by atoms with E-state index in [1.54, 1.807) is 6.08 Å². The number of carbonyl (C=O) groups is 1. The summed E-state index contributed by atoms with van der Waals surface area (Å²) in [5.41, 5.74) is 4.52.